The van der Waals surface area contributed by atoms with Gasteiger partial charge < -0.3 is 10.2 Å². The number of nitrogens with two attached hydrogens (primary N) is 1. The number of anilines is 1. The standard InChI is InChI=1S/C11H13NO3S/c1-2-16(13,14)7-8-6-15-11-4-3-9(12)5-10(8)11/h3-6H,2,7,12H2,1H3. The highest BCUT2D eigenvalue weighted by molar-refractivity contribution is 7.90. The third kappa shape index (κ3) is 2.04. The fourth-order valence-corrected chi connectivity index (χ4v) is 2.45. The summed E-state index contributed by atoms with van der Waals surface area (Å²) in [5, 5.41) is 0.775. The van der Waals surface area contributed by atoms with E-state index in [1.54, 1.807) is 25.1 Å². The summed E-state index contributed by atoms with van der Waals surface area (Å²) in [6, 6.07) is 5.20. The molecule has 86 valence electrons. The normalized spacial score (nSPS) is 12.1. The molecule has 1 aromatic heterocycles. The van der Waals surface area contributed by atoms with Crippen molar-refractivity contribution in [3.8, 4) is 0 Å². The van der Waals surface area contributed by atoms with Crippen LogP contribution in [0.3, 0.4) is 0 Å². The van der Waals surface area contributed by atoms with Gasteiger partial charge in [-0.25, -0.2) is 8.42 Å². The molecule has 4 nitrogen and oxygen atoms in total. The van der Waals surface area contributed by atoms with Crippen LogP contribution in [0.15, 0.2) is 28.9 Å². The lowest BCUT2D eigenvalue weighted by Gasteiger charge is -1.99. The summed E-state index contributed by atoms with van der Waals surface area (Å²) in [6.45, 7) is 1.63. The van der Waals surface area contributed by atoms with Crippen molar-refractivity contribution in [1.82, 2.24) is 0 Å². The van der Waals surface area contributed by atoms with Crippen molar-refractivity contribution in [3.05, 3.63) is 30.0 Å². The molecule has 2 aromatic rings. The number of benzene rings is 1. The molecule has 0 amide bonds. The van der Waals surface area contributed by atoms with Gasteiger partial charge in [-0.1, -0.05) is 6.92 Å². The third-order valence-electron chi connectivity index (χ3n) is 2.49. The van der Waals surface area contributed by atoms with Gasteiger partial charge in [0, 0.05) is 22.4 Å². The predicted molar refractivity (Wildman–Crippen MR) is 63.8 cm³/mol. The Kier molecular flexibility index (Phi) is 2.63. The Bertz CT molecular complexity index is 613. The van der Waals surface area contributed by atoms with Crippen LogP contribution in [0.25, 0.3) is 11.0 Å². The van der Waals surface area contributed by atoms with Gasteiger partial charge in [-0.3, -0.25) is 0 Å². The van der Waals surface area contributed by atoms with E-state index in [2.05, 4.69) is 0 Å². The maximum absolute atomic E-state index is 11.5. The van der Waals surface area contributed by atoms with Gasteiger partial charge in [0.25, 0.3) is 0 Å². The smallest absolute Gasteiger partial charge is 0.154 e. The zero-order chi connectivity index (χ0) is 11.8. The average molecular weight is 239 g/mol. The van der Waals surface area contributed by atoms with Gasteiger partial charge in [0.2, 0.25) is 0 Å². The maximum Gasteiger partial charge on any atom is 0.154 e. The van der Waals surface area contributed by atoms with Crippen molar-refractivity contribution in [2.75, 3.05) is 11.5 Å². The van der Waals surface area contributed by atoms with E-state index in [1.807, 2.05) is 0 Å². The number of furan rings is 1. The van der Waals surface area contributed by atoms with Gasteiger partial charge >= 0.3 is 0 Å². The van der Waals surface area contributed by atoms with Crippen molar-refractivity contribution in [2.45, 2.75) is 12.7 Å². The molecule has 2 rings (SSSR count). The molecule has 0 bridgehead atoms. The van der Waals surface area contributed by atoms with Crippen molar-refractivity contribution in [2.24, 2.45) is 0 Å². The summed E-state index contributed by atoms with van der Waals surface area (Å²) in [4.78, 5) is 0. The van der Waals surface area contributed by atoms with Crippen LogP contribution < -0.4 is 5.73 Å². The third-order valence-corrected chi connectivity index (χ3v) is 4.12. The average Bonchev–Trinajstić information content (AvgIpc) is 2.61. The summed E-state index contributed by atoms with van der Waals surface area (Å²) in [5.41, 5.74) is 7.59. The molecule has 0 aliphatic rings. The first-order valence-electron chi connectivity index (χ1n) is 4.98. The zero-order valence-electron chi connectivity index (χ0n) is 8.93. The highest BCUT2D eigenvalue weighted by Gasteiger charge is 2.14. The van der Waals surface area contributed by atoms with E-state index >= 15 is 0 Å². The number of nitrogen functional groups attached to an aromatic ring is 1. The van der Waals surface area contributed by atoms with E-state index in [0.29, 0.717) is 16.8 Å². The van der Waals surface area contributed by atoms with Crippen LogP contribution >= 0.6 is 0 Å². The molecule has 16 heavy (non-hydrogen) atoms. The van der Waals surface area contributed by atoms with E-state index in [9.17, 15) is 8.42 Å². The molecule has 0 radical (unpaired) electrons. The molecule has 0 aliphatic carbocycles. The maximum atomic E-state index is 11.5. The molecule has 0 saturated carbocycles. The Labute approximate surface area is 94.0 Å². The van der Waals surface area contributed by atoms with Crippen molar-refractivity contribution < 1.29 is 12.8 Å². The Morgan fingerprint density at radius 1 is 1.38 bits per heavy atom. The minimum Gasteiger partial charge on any atom is -0.464 e. The first-order chi connectivity index (χ1) is 7.52. The minimum absolute atomic E-state index is 0.0000463. The summed E-state index contributed by atoms with van der Waals surface area (Å²) in [5.74, 6) is 0.127. The highest BCUT2D eigenvalue weighted by Crippen LogP contribution is 2.25. The van der Waals surface area contributed by atoms with E-state index in [4.69, 9.17) is 10.2 Å². The number of rotatable bonds is 3. The second-order valence-corrected chi connectivity index (χ2v) is 6.05. The Hall–Kier alpha value is -1.49. The van der Waals surface area contributed by atoms with Crippen LogP contribution in [0.2, 0.25) is 0 Å². The van der Waals surface area contributed by atoms with Crippen LogP contribution in [-0.4, -0.2) is 14.2 Å². The van der Waals surface area contributed by atoms with E-state index < -0.39 is 9.84 Å². The number of fused-ring (bicyclic) bond motifs is 1. The van der Waals surface area contributed by atoms with Gasteiger partial charge in [-0.05, 0) is 18.2 Å². The van der Waals surface area contributed by atoms with Crippen LogP contribution in [0.4, 0.5) is 5.69 Å². The van der Waals surface area contributed by atoms with Gasteiger partial charge in [-0.2, -0.15) is 0 Å². The number of hydrogen-bond acceptors (Lipinski definition) is 4. The van der Waals surface area contributed by atoms with Crippen LogP contribution in [-0.2, 0) is 15.6 Å². The molecule has 1 aromatic carbocycles. The van der Waals surface area contributed by atoms with Crippen LogP contribution in [0.1, 0.15) is 12.5 Å². The Morgan fingerprint density at radius 2 is 2.12 bits per heavy atom. The van der Waals surface area contributed by atoms with Gasteiger partial charge in [-0.15, -0.1) is 0 Å². The van der Waals surface area contributed by atoms with E-state index in [0.717, 1.165) is 5.39 Å². The number of hydrogen-bond donors (Lipinski definition) is 1. The lowest BCUT2D eigenvalue weighted by Crippen LogP contribution is -2.05. The summed E-state index contributed by atoms with van der Waals surface area (Å²) in [7, 11) is -3.05. The molecule has 5 heteroatoms. The molecule has 0 aliphatic heterocycles. The second-order valence-electron chi connectivity index (χ2n) is 3.69. The number of sulfone groups is 1. The molecular formula is C11H13NO3S. The first kappa shape index (κ1) is 11.0. The topological polar surface area (TPSA) is 73.3 Å². The minimum atomic E-state index is -3.05. The zero-order valence-corrected chi connectivity index (χ0v) is 9.75. The van der Waals surface area contributed by atoms with Gasteiger partial charge in [0.1, 0.15) is 5.58 Å². The van der Waals surface area contributed by atoms with E-state index in [-0.39, 0.29) is 11.5 Å². The molecule has 0 saturated heterocycles. The highest BCUT2D eigenvalue weighted by atomic mass is 32.2. The van der Waals surface area contributed by atoms with Crippen LogP contribution in [0, 0.1) is 0 Å². The molecule has 2 N–H and O–H groups in total. The fourth-order valence-electron chi connectivity index (χ4n) is 1.55. The summed E-state index contributed by atoms with van der Waals surface area (Å²) >= 11 is 0. The van der Waals surface area contributed by atoms with E-state index in [1.165, 1.54) is 6.26 Å². The van der Waals surface area contributed by atoms with Crippen LogP contribution in [0.5, 0.6) is 0 Å². The van der Waals surface area contributed by atoms with Gasteiger partial charge in [0.15, 0.2) is 9.84 Å². The molecule has 0 unspecified atom stereocenters. The largest absolute Gasteiger partial charge is 0.464 e. The van der Waals surface area contributed by atoms with Gasteiger partial charge in [0.05, 0.1) is 12.0 Å². The lowest BCUT2D eigenvalue weighted by molar-refractivity contribution is 0.592. The molecule has 0 atom stereocenters. The summed E-state index contributed by atoms with van der Waals surface area (Å²) in [6.07, 6.45) is 1.48. The Morgan fingerprint density at radius 3 is 2.81 bits per heavy atom. The molecule has 0 fully saturated rings. The molecule has 1 heterocycles. The lowest BCUT2D eigenvalue weighted by atomic mass is 10.2. The quantitative estimate of drug-likeness (QED) is 0.831. The molecular weight excluding hydrogens is 226 g/mol. The first-order valence-corrected chi connectivity index (χ1v) is 6.80. The molecule has 0 spiro atoms. The SMILES string of the molecule is CCS(=O)(=O)Cc1coc2ccc(N)cc12. The van der Waals surface area contributed by atoms with Crippen molar-refractivity contribution in [3.63, 3.8) is 0 Å². The van der Waals surface area contributed by atoms with Crippen molar-refractivity contribution in [1.29, 1.82) is 0 Å². The van der Waals surface area contributed by atoms with Crippen molar-refractivity contribution >= 4 is 26.5 Å². The second kappa shape index (κ2) is 3.83. The monoisotopic (exact) mass is 239 g/mol. The fraction of sp³-hybridized carbons (Fsp3) is 0.273. The summed E-state index contributed by atoms with van der Waals surface area (Å²) < 4.78 is 28.3. The predicted octanol–water partition coefficient (Wildman–Crippen LogP) is 1.95. The Balaban J connectivity index is 2.50.